The van der Waals surface area contributed by atoms with Crippen molar-refractivity contribution in [3.63, 3.8) is 0 Å². The topological polar surface area (TPSA) is 50.2 Å². The van der Waals surface area contributed by atoms with Gasteiger partial charge in [0.15, 0.2) is 0 Å². The van der Waals surface area contributed by atoms with Crippen LogP contribution in [0.3, 0.4) is 0 Å². The van der Waals surface area contributed by atoms with Gasteiger partial charge in [0.25, 0.3) is 0 Å². The number of carbonyl (C=O) groups is 1. The second-order valence-electron chi connectivity index (χ2n) is 2.43. The molecule has 0 atom stereocenters. The van der Waals surface area contributed by atoms with Gasteiger partial charge in [-0.25, -0.2) is 4.98 Å². The Morgan fingerprint density at radius 3 is 3.00 bits per heavy atom. The van der Waals surface area contributed by atoms with Gasteiger partial charge in [-0.15, -0.1) is 11.8 Å². The van der Waals surface area contributed by atoms with E-state index in [1.807, 2.05) is 0 Å². The molecule has 6 heteroatoms. The minimum Gasteiger partial charge on any atom is -0.481 e. The summed E-state index contributed by atoms with van der Waals surface area (Å²) in [6.45, 7) is 0. The van der Waals surface area contributed by atoms with Gasteiger partial charge in [-0.3, -0.25) is 4.79 Å². The summed E-state index contributed by atoms with van der Waals surface area (Å²) in [5, 5.41) is 9.63. The van der Waals surface area contributed by atoms with Crippen LogP contribution in [0.1, 0.15) is 6.42 Å². The Hall–Kier alpha value is -0.260. The highest BCUT2D eigenvalue weighted by atomic mass is 79.9. The molecule has 3 nitrogen and oxygen atoms in total. The van der Waals surface area contributed by atoms with Crippen LogP contribution in [0.15, 0.2) is 21.8 Å². The van der Waals surface area contributed by atoms with E-state index in [0.29, 0.717) is 15.8 Å². The van der Waals surface area contributed by atoms with Crippen molar-refractivity contribution in [1.29, 1.82) is 0 Å². The van der Waals surface area contributed by atoms with Crippen LogP contribution in [0.5, 0.6) is 0 Å². The Balaban J connectivity index is 2.55. The normalized spacial score (nSPS) is 10.1. The van der Waals surface area contributed by atoms with Gasteiger partial charge in [-0.05, 0) is 22.0 Å². The number of aliphatic carboxylic acids is 1. The van der Waals surface area contributed by atoms with Gasteiger partial charge in [0.2, 0.25) is 0 Å². The van der Waals surface area contributed by atoms with Gasteiger partial charge in [0.1, 0.15) is 5.03 Å². The van der Waals surface area contributed by atoms with Crippen molar-refractivity contribution in [1.82, 2.24) is 4.98 Å². The Morgan fingerprint density at radius 2 is 2.43 bits per heavy atom. The highest BCUT2D eigenvalue weighted by Crippen LogP contribution is 2.27. The summed E-state index contributed by atoms with van der Waals surface area (Å²) < 4.78 is 0.810. The van der Waals surface area contributed by atoms with Crippen LogP contribution in [0.2, 0.25) is 5.02 Å². The fourth-order valence-corrected chi connectivity index (χ4v) is 2.33. The van der Waals surface area contributed by atoms with Gasteiger partial charge in [-0.1, -0.05) is 11.6 Å². The maximum Gasteiger partial charge on any atom is 0.304 e. The summed E-state index contributed by atoms with van der Waals surface area (Å²) in [6, 6.07) is 1.73. The molecule has 0 saturated heterocycles. The molecule has 0 amide bonds. The lowest BCUT2D eigenvalue weighted by molar-refractivity contribution is -0.136. The standard InChI is InChI=1S/C8H7BrClNO2S/c9-5-3-6(10)8(11-4-5)14-2-1-7(12)13/h3-4H,1-2H2,(H,12,13). The Kier molecular flexibility index (Phi) is 4.71. The van der Waals surface area contributed by atoms with Crippen LogP contribution in [-0.4, -0.2) is 21.8 Å². The number of aromatic nitrogens is 1. The first kappa shape index (κ1) is 11.8. The van der Waals surface area contributed by atoms with Crippen molar-refractivity contribution < 1.29 is 9.90 Å². The summed E-state index contributed by atoms with van der Waals surface area (Å²) in [5.74, 6) is -0.338. The molecule has 0 saturated carbocycles. The minimum absolute atomic E-state index is 0.110. The van der Waals surface area contributed by atoms with E-state index in [-0.39, 0.29) is 6.42 Å². The first-order chi connectivity index (χ1) is 6.59. The third-order valence-corrected chi connectivity index (χ3v) is 3.17. The molecule has 0 aliphatic heterocycles. The lowest BCUT2D eigenvalue weighted by Crippen LogP contribution is -1.96. The summed E-state index contributed by atoms with van der Waals surface area (Å²) >= 11 is 10.5. The first-order valence-corrected chi connectivity index (χ1v) is 5.91. The lowest BCUT2D eigenvalue weighted by Gasteiger charge is -2.01. The zero-order valence-corrected chi connectivity index (χ0v) is 10.2. The number of nitrogens with zero attached hydrogens (tertiary/aromatic N) is 1. The predicted molar refractivity (Wildman–Crippen MR) is 59.9 cm³/mol. The number of hydrogen-bond acceptors (Lipinski definition) is 3. The second-order valence-corrected chi connectivity index (χ2v) is 4.84. The molecule has 1 N–H and O–H groups in total. The molecule has 1 heterocycles. The van der Waals surface area contributed by atoms with Crippen molar-refractivity contribution in [3.05, 3.63) is 21.8 Å². The van der Waals surface area contributed by atoms with Gasteiger partial charge >= 0.3 is 5.97 Å². The molecule has 0 radical (unpaired) electrons. The fourth-order valence-electron chi connectivity index (χ4n) is 0.743. The molecule has 0 aliphatic rings. The Morgan fingerprint density at radius 1 is 1.71 bits per heavy atom. The van der Waals surface area contributed by atoms with Gasteiger partial charge in [-0.2, -0.15) is 0 Å². The van der Waals surface area contributed by atoms with Crippen LogP contribution >= 0.6 is 39.3 Å². The molecule has 0 unspecified atom stereocenters. The lowest BCUT2D eigenvalue weighted by atomic mass is 10.5. The molecule has 0 bridgehead atoms. The molecule has 14 heavy (non-hydrogen) atoms. The predicted octanol–water partition coefficient (Wildman–Crippen LogP) is 3.06. The number of rotatable bonds is 4. The van der Waals surface area contributed by atoms with E-state index >= 15 is 0 Å². The fraction of sp³-hybridized carbons (Fsp3) is 0.250. The van der Waals surface area contributed by atoms with Crippen molar-refractivity contribution in [2.75, 3.05) is 5.75 Å². The maximum absolute atomic E-state index is 10.3. The van der Waals surface area contributed by atoms with E-state index in [0.717, 1.165) is 4.47 Å². The van der Waals surface area contributed by atoms with Crippen molar-refractivity contribution >= 4 is 45.3 Å². The Labute approximate surface area is 99.0 Å². The molecule has 76 valence electrons. The van der Waals surface area contributed by atoms with Gasteiger partial charge in [0, 0.05) is 16.4 Å². The van der Waals surface area contributed by atoms with E-state index in [4.69, 9.17) is 16.7 Å². The molecular weight excluding hydrogens is 290 g/mol. The highest BCUT2D eigenvalue weighted by molar-refractivity contribution is 9.10. The number of pyridine rings is 1. The molecular formula is C8H7BrClNO2S. The SMILES string of the molecule is O=C(O)CCSc1ncc(Br)cc1Cl. The van der Waals surface area contributed by atoms with Crippen molar-refractivity contribution in [2.24, 2.45) is 0 Å². The third kappa shape index (κ3) is 3.86. The van der Waals surface area contributed by atoms with Gasteiger partial charge < -0.3 is 5.11 Å². The largest absolute Gasteiger partial charge is 0.481 e. The highest BCUT2D eigenvalue weighted by Gasteiger charge is 2.04. The Bertz CT molecular complexity index is 348. The van der Waals surface area contributed by atoms with E-state index in [9.17, 15) is 4.79 Å². The van der Waals surface area contributed by atoms with Crippen LogP contribution in [-0.2, 0) is 4.79 Å². The van der Waals surface area contributed by atoms with E-state index in [1.165, 1.54) is 11.8 Å². The van der Waals surface area contributed by atoms with E-state index in [2.05, 4.69) is 20.9 Å². The summed E-state index contributed by atoms with van der Waals surface area (Å²) in [7, 11) is 0. The van der Waals surface area contributed by atoms with Crippen LogP contribution in [0.25, 0.3) is 0 Å². The average molecular weight is 297 g/mol. The number of thioether (sulfide) groups is 1. The summed E-state index contributed by atoms with van der Waals surface area (Å²) in [5.41, 5.74) is 0. The zero-order valence-electron chi connectivity index (χ0n) is 7.04. The van der Waals surface area contributed by atoms with Crippen molar-refractivity contribution in [2.45, 2.75) is 11.4 Å². The number of hydrogen-bond donors (Lipinski definition) is 1. The quantitative estimate of drug-likeness (QED) is 0.868. The van der Waals surface area contributed by atoms with Gasteiger partial charge in [0.05, 0.1) is 11.4 Å². The number of carboxylic acids is 1. The summed E-state index contributed by atoms with van der Waals surface area (Å²) in [4.78, 5) is 14.3. The molecule has 1 aromatic rings. The molecule has 0 aromatic carbocycles. The van der Waals surface area contributed by atoms with Crippen molar-refractivity contribution in [3.8, 4) is 0 Å². The summed E-state index contributed by atoms with van der Waals surface area (Å²) in [6.07, 6.45) is 1.74. The average Bonchev–Trinajstić information content (AvgIpc) is 2.08. The third-order valence-electron chi connectivity index (χ3n) is 1.33. The van der Waals surface area contributed by atoms with Crippen LogP contribution in [0, 0.1) is 0 Å². The molecule has 1 aromatic heterocycles. The minimum atomic E-state index is -0.814. The number of carboxylic acid groups (broad SMARTS) is 1. The molecule has 1 rings (SSSR count). The molecule has 0 aliphatic carbocycles. The number of halogens is 2. The van der Waals surface area contributed by atoms with Crippen LogP contribution < -0.4 is 0 Å². The second kappa shape index (κ2) is 5.58. The van der Waals surface area contributed by atoms with E-state index in [1.54, 1.807) is 12.3 Å². The monoisotopic (exact) mass is 295 g/mol. The first-order valence-electron chi connectivity index (χ1n) is 3.75. The molecule has 0 spiro atoms. The van der Waals surface area contributed by atoms with Crippen LogP contribution in [0.4, 0.5) is 0 Å². The van der Waals surface area contributed by atoms with E-state index < -0.39 is 5.97 Å². The molecule has 0 fully saturated rings. The maximum atomic E-state index is 10.3. The smallest absolute Gasteiger partial charge is 0.304 e. The zero-order chi connectivity index (χ0) is 10.6.